The Morgan fingerprint density at radius 2 is 2.26 bits per heavy atom. The van der Waals surface area contributed by atoms with Crippen molar-refractivity contribution >= 4 is 17.7 Å². The molecule has 0 saturated heterocycles. The van der Waals surface area contributed by atoms with Gasteiger partial charge >= 0.3 is 5.97 Å². The number of fused-ring (bicyclic) bond motifs is 1. The van der Waals surface area contributed by atoms with Crippen LogP contribution in [0.4, 0.5) is 0 Å². The van der Waals surface area contributed by atoms with Gasteiger partial charge in [0.1, 0.15) is 17.9 Å². The van der Waals surface area contributed by atoms with Crippen molar-refractivity contribution in [3.8, 4) is 5.75 Å². The molecule has 0 aliphatic carbocycles. The lowest BCUT2D eigenvalue weighted by Crippen LogP contribution is -2.47. The number of carbonyl (C=O) groups is 1. The first kappa shape index (κ1) is 14.2. The van der Waals surface area contributed by atoms with E-state index in [1.807, 2.05) is 32.0 Å². The molecule has 1 aliphatic rings. The lowest BCUT2D eigenvalue weighted by molar-refractivity contribution is -0.139. The van der Waals surface area contributed by atoms with Crippen LogP contribution in [-0.2, 0) is 11.2 Å². The minimum Gasteiger partial charge on any atom is -0.489 e. The van der Waals surface area contributed by atoms with E-state index in [0.717, 1.165) is 17.9 Å². The number of aliphatic carboxylic acids is 1. The molecule has 19 heavy (non-hydrogen) atoms. The molecule has 1 unspecified atom stereocenters. The largest absolute Gasteiger partial charge is 0.489 e. The summed E-state index contributed by atoms with van der Waals surface area (Å²) < 4.78 is 5.32. The first-order valence-corrected chi connectivity index (χ1v) is 7.25. The van der Waals surface area contributed by atoms with Crippen LogP contribution in [-0.4, -0.2) is 33.7 Å². The van der Waals surface area contributed by atoms with E-state index in [2.05, 4.69) is 6.07 Å². The second-order valence-electron chi connectivity index (χ2n) is 5.28. The second-order valence-corrected chi connectivity index (χ2v) is 6.96. The van der Waals surface area contributed by atoms with Gasteiger partial charge < -0.3 is 15.6 Å². The van der Waals surface area contributed by atoms with E-state index in [0.29, 0.717) is 0 Å². The zero-order valence-corrected chi connectivity index (χ0v) is 11.9. The molecule has 3 N–H and O–H groups in total. The molecule has 0 bridgehead atoms. The van der Waals surface area contributed by atoms with Gasteiger partial charge in [0.2, 0.25) is 0 Å². The van der Waals surface area contributed by atoms with E-state index in [1.165, 1.54) is 5.56 Å². The fourth-order valence-electron chi connectivity index (χ4n) is 2.04. The van der Waals surface area contributed by atoms with Gasteiger partial charge in [-0.3, -0.25) is 4.79 Å². The minimum absolute atomic E-state index is 0.0997. The number of para-hydroxylation sites is 1. The van der Waals surface area contributed by atoms with Crippen LogP contribution in [0, 0.1) is 0 Å². The Morgan fingerprint density at radius 3 is 2.89 bits per heavy atom. The fraction of sp³-hybridized carbons (Fsp3) is 0.500. The van der Waals surface area contributed by atoms with Gasteiger partial charge in [0.25, 0.3) is 0 Å². The van der Waals surface area contributed by atoms with E-state index in [-0.39, 0.29) is 6.10 Å². The maximum atomic E-state index is 11.0. The molecule has 104 valence electrons. The van der Waals surface area contributed by atoms with E-state index in [4.69, 9.17) is 15.6 Å². The summed E-state index contributed by atoms with van der Waals surface area (Å²) in [5.74, 6) is 0.712. The SMILES string of the molecule is CC(C)(SCC1Cc2ccccc2O1)[C@@H](N)C(=O)O. The van der Waals surface area contributed by atoms with Crippen molar-refractivity contribution in [2.45, 2.75) is 37.2 Å². The lowest BCUT2D eigenvalue weighted by Gasteiger charge is -2.29. The minimum atomic E-state index is -0.965. The smallest absolute Gasteiger partial charge is 0.321 e. The van der Waals surface area contributed by atoms with Crippen molar-refractivity contribution in [2.24, 2.45) is 5.73 Å². The van der Waals surface area contributed by atoms with Gasteiger partial charge in [0.15, 0.2) is 0 Å². The van der Waals surface area contributed by atoms with Gasteiger partial charge in [0.05, 0.1) is 0 Å². The average molecular weight is 281 g/mol. The molecule has 1 heterocycles. The Morgan fingerprint density at radius 1 is 1.58 bits per heavy atom. The molecule has 0 saturated carbocycles. The third kappa shape index (κ3) is 3.22. The van der Waals surface area contributed by atoms with Crippen LogP contribution in [0.3, 0.4) is 0 Å². The summed E-state index contributed by atoms with van der Waals surface area (Å²) in [5, 5.41) is 8.98. The molecular weight excluding hydrogens is 262 g/mol. The van der Waals surface area contributed by atoms with Crippen molar-refractivity contribution in [1.82, 2.24) is 0 Å². The molecule has 2 atom stereocenters. The van der Waals surface area contributed by atoms with Crippen LogP contribution in [0.25, 0.3) is 0 Å². The summed E-state index contributed by atoms with van der Waals surface area (Å²) in [6.07, 6.45) is 0.976. The summed E-state index contributed by atoms with van der Waals surface area (Å²) >= 11 is 1.55. The molecular formula is C14H19NO3S. The topological polar surface area (TPSA) is 72.5 Å². The van der Waals surface area contributed by atoms with Crippen molar-refractivity contribution in [3.05, 3.63) is 29.8 Å². The van der Waals surface area contributed by atoms with E-state index < -0.39 is 16.8 Å². The Labute approximate surface area is 117 Å². The van der Waals surface area contributed by atoms with Gasteiger partial charge in [-0.05, 0) is 25.5 Å². The van der Waals surface area contributed by atoms with Gasteiger partial charge in [-0.1, -0.05) is 18.2 Å². The molecule has 2 rings (SSSR count). The molecule has 4 nitrogen and oxygen atoms in total. The fourth-order valence-corrected chi connectivity index (χ4v) is 3.12. The van der Waals surface area contributed by atoms with Crippen LogP contribution in [0.2, 0.25) is 0 Å². The van der Waals surface area contributed by atoms with E-state index >= 15 is 0 Å². The highest BCUT2D eigenvalue weighted by Gasteiger charge is 2.34. The van der Waals surface area contributed by atoms with Crippen LogP contribution in [0.5, 0.6) is 5.75 Å². The molecule has 0 spiro atoms. The molecule has 0 aromatic heterocycles. The normalized spacial score (nSPS) is 19.6. The quantitative estimate of drug-likeness (QED) is 0.862. The summed E-state index contributed by atoms with van der Waals surface area (Å²) in [7, 11) is 0. The molecule has 0 amide bonds. The number of carboxylic acid groups (broad SMARTS) is 1. The zero-order valence-electron chi connectivity index (χ0n) is 11.1. The predicted octanol–water partition coefficient (Wildman–Crippen LogP) is 1.91. The van der Waals surface area contributed by atoms with Gasteiger partial charge in [-0.15, -0.1) is 11.8 Å². The van der Waals surface area contributed by atoms with Crippen molar-refractivity contribution < 1.29 is 14.6 Å². The molecule has 1 aliphatic heterocycles. The number of hydrogen-bond acceptors (Lipinski definition) is 4. The van der Waals surface area contributed by atoms with Crippen LogP contribution in [0.1, 0.15) is 19.4 Å². The monoisotopic (exact) mass is 281 g/mol. The summed E-state index contributed by atoms with van der Waals surface area (Å²) in [4.78, 5) is 11.0. The zero-order chi connectivity index (χ0) is 14.0. The molecule has 5 heteroatoms. The number of rotatable bonds is 5. The number of hydrogen-bond donors (Lipinski definition) is 2. The number of benzene rings is 1. The standard InChI is InChI=1S/C14H19NO3S/c1-14(2,12(15)13(16)17)19-8-10-7-9-5-3-4-6-11(9)18-10/h3-6,10,12H,7-8,15H2,1-2H3,(H,16,17)/t10?,12-/m0/s1. The van der Waals surface area contributed by atoms with Crippen molar-refractivity contribution in [3.63, 3.8) is 0 Å². The number of nitrogens with two attached hydrogens (primary N) is 1. The van der Waals surface area contributed by atoms with Gasteiger partial charge in [-0.2, -0.15) is 0 Å². The highest BCUT2D eigenvalue weighted by molar-refractivity contribution is 8.00. The number of thioether (sulfide) groups is 1. The Balaban J connectivity index is 1.90. The summed E-state index contributed by atoms with van der Waals surface area (Å²) in [6.45, 7) is 3.72. The third-order valence-electron chi connectivity index (χ3n) is 3.37. The molecule has 0 fully saturated rings. The Hall–Kier alpha value is -1.20. The van der Waals surface area contributed by atoms with Crippen molar-refractivity contribution in [1.29, 1.82) is 0 Å². The van der Waals surface area contributed by atoms with Crippen LogP contribution < -0.4 is 10.5 Å². The number of ether oxygens (including phenoxy) is 1. The number of carboxylic acids is 1. The highest BCUT2D eigenvalue weighted by atomic mass is 32.2. The summed E-state index contributed by atoms with van der Waals surface area (Å²) in [6, 6.07) is 7.12. The maximum absolute atomic E-state index is 11.0. The Kier molecular flexibility index (Phi) is 4.06. The van der Waals surface area contributed by atoms with Crippen LogP contribution >= 0.6 is 11.8 Å². The van der Waals surface area contributed by atoms with Gasteiger partial charge in [-0.25, -0.2) is 0 Å². The first-order valence-electron chi connectivity index (χ1n) is 6.27. The molecule has 1 aromatic carbocycles. The highest BCUT2D eigenvalue weighted by Crippen LogP contribution is 2.33. The Bertz CT molecular complexity index is 451. The molecule has 0 radical (unpaired) electrons. The summed E-state index contributed by atoms with van der Waals surface area (Å²) in [5.41, 5.74) is 6.92. The lowest BCUT2D eigenvalue weighted by atomic mass is 10.1. The van der Waals surface area contributed by atoms with Crippen LogP contribution in [0.15, 0.2) is 24.3 Å². The van der Waals surface area contributed by atoms with Gasteiger partial charge in [0, 0.05) is 16.9 Å². The molecule has 1 aromatic rings. The predicted molar refractivity (Wildman–Crippen MR) is 76.7 cm³/mol. The van der Waals surface area contributed by atoms with Crippen molar-refractivity contribution in [2.75, 3.05) is 5.75 Å². The average Bonchev–Trinajstić information content (AvgIpc) is 2.78. The van der Waals surface area contributed by atoms with E-state index in [1.54, 1.807) is 11.8 Å². The first-order chi connectivity index (χ1) is 8.90. The third-order valence-corrected chi connectivity index (χ3v) is 4.91. The maximum Gasteiger partial charge on any atom is 0.321 e. The second kappa shape index (κ2) is 5.43. The van der Waals surface area contributed by atoms with E-state index in [9.17, 15) is 4.79 Å².